The van der Waals surface area contributed by atoms with Crippen molar-refractivity contribution < 1.29 is 18.0 Å². The van der Waals surface area contributed by atoms with Gasteiger partial charge in [0.1, 0.15) is 11.5 Å². The molecular weight excluding hydrogens is 391 g/mol. The maximum Gasteiger partial charge on any atom is 0.430 e. The maximum absolute atomic E-state index is 12.5. The predicted octanol–water partition coefficient (Wildman–Crippen LogP) is 2.70. The molecule has 0 aliphatic carbocycles. The minimum atomic E-state index is -4.72. The van der Waals surface area contributed by atoms with Gasteiger partial charge >= 0.3 is 6.18 Å². The van der Waals surface area contributed by atoms with Crippen molar-refractivity contribution in [2.75, 3.05) is 7.05 Å². The number of aliphatic imine (C=N–C) groups is 1. The van der Waals surface area contributed by atoms with Crippen molar-refractivity contribution in [3.8, 4) is 0 Å². The quantitative estimate of drug-likeness (QED) is 0.313. The fourth-order valence-corrected chi connectivity index (χ4v) is 2.41. The van der Waals surface area contributed by atoms with Gasteiger partial charge in [-0.05, 0) is 18.2 Å². The predicted molar refractivity (Wildman–Crippen MR) is 107 cm³/mol. The SMILES string of the molecule is CN=C(/C=C(\N)C(F)(F)F)NC(=O)c1ccc2cc(/C(C=S)=C/N)cnc2c1. The second-order valence-electron chi connectivity index (χ2n) is 5.53. The molecule has 2 rings (SSSR count). The maximum atomic E-state index is 12.5. The lowest BCUT2D eigenvalue weighted by molar-refractivity contribution is -0.0925. The van der Waals surface area contributed by atoms with E-state index in [1.54, 1.807) is 18.3 Å². The van der Waals surface area contributed by atoms with Crippen LogP contribution in [-0.4, -0.2) is 35.3 Å². The number of amides is 1. The van der Waals surface area contributed by atoms with E-state index in [9.17, 15) is 18.0 Å². The topological polar surface area (TPSA) is 106 Å². The molecule has 0 fully saturated rings. The van der Waals surface area contributed by atoms with Gasteiger partial charge in [-0.1, -0.05) is 18.3 Å². The van der Waals surface area contributed by atoms with Crippen LogP contribution in [0.15, 0.2) is 53.4 Å². The Hall–Kier alpha value is -3.27. The Bertz CT molecular complexity index is 1010. The lowest BCUT2D eigenvalue weighted by Gasteiger charge is -2.09. The summed E-state index contributed by atoms with van der Waals surface area (Å²) >= 11 is 4.89. The van der Waals surface area contributed by atoms with E-state index in [4.69, 9.17) is 23.7 Å². The molecule has 0 atom stereocenters. The smallest absolute Gasteiger partial charge is 0.404 e. The Morgan fingerprint density at radius 2 is 2.00 bits per heavy atom. The summed E-state index contributed by atoms with van der Waals surface area (Å²) in [5.41, 5.74) is 11.1. The number of carbonyl (C=O) groups excluding carboxylic acids is 1. The molecule has 0 aliphatic rings. The van der Waals surface area contributed by atoms with Crippen molar-refractivity contribution in [1.82, 2.24) is 10.3 Å². The van der Waals surface area contributed by atoms with Gasteiger partial charge in [-0.25, -0.2) is 0 Å². The molecule has 146 valence electrons. The van der Waals surface area contributed by atoms with Crippen LogP contribution in [0, 0.1) is 0 Å². The van der Waals surface area contributed by atoms with Gasteiger partial charge in [0.2, 0.25) is 0 Å². The Morgan fingerprint density at radius 1 is 1.29 bits per heavy atom. The highest BCUT2D eigenvalue weighted by molar-refractivity contribution is 7.79. The van der Waals surface area contributed by atoms with E-state index in [0.717, 1.165) is 10.9 Å². The number of nitrogens with one attached hydrogen (secondary N) is 1. The van der Waals surface area contributed by atoms with Crippen LogP contribution in [0.3, 0.4) is 0 Å². The molecule has 1 aromatic heterocycles. The lowest BCUT2D eigenvalue weighted by atomic mass is 10.1. The van der Waals surface area contributed by atoms with Crippen LogP contribution in [0.5, 0.6) is 0 Å². The second kappa shape index (κ2) is 8.61. The average Bonchev–Trinajstić information content (AvgIpc) is 2.66. The number of nitrogens with two attached hydrogens (primary N) is 2. The Morgan fingerprint density at radius 3 is 2.57 bits per heavy atom. The molecule has 0 aliphatic heterocycles. The largest absolute Gasteiger partial charge is 0.430 e. The molecular formula is C18H16F3N5OS. The number of nitrogens with zero attached hydrogens (tertiary/aromatic N) is 2. The summed E-state index contributed by atoms with van der Waals surface area (Å²) in [5.74, 6) is -0.969. The van der Waals surface area contributed by atoms with Gasteiger partial charge in [0.15, 0.2) is 0 Å². The number of fused-ring (bicyclic) bond motifs is 1. The number of alkyl halides is 3. The number of amidine groups is 1. The van der Waals surface area contributed by atoms with Gasteiger partial charge in [-0.2, -0.15) is 13.2 Å². The van der Waals surface area contributed by atoms with Crippen molar-refractivity contribution in [2.24, 2.45) is 16.5 Å². The van der Waals surface area contributed by atoms with E-state index in [1.807, 2.05) is 0 Å². The third-order valence-electron chi connectivity index (χ3n) is 3.69. The van der Waals surface area contributed by atoms with Crippen LogP contribution >= 0.6 is 12.2 Å². The second-order valence-corrected chi connectivity index (χ2v) is 5.77. The van der Waals surface area contributed by atoms with E-state index in [0.29, 0.717) is 17.2 Å². The minimum Gasteiger partial charge on any atom is -0.404 e. The standard InChI is InChI=1S/C18H16F3N5OS/c1-24-16(6-15(23)18(19,20)21)26-17(27)11-3-2-10-4-12(13(7-22)9-28)8-25-14(10)5-11/h2-9H,22-23H2,1H3,(H,24,26,27)/b13-7+,15-6-. The molecule has 1 aromatic carbocycles. The third-order valence-corrected chi connectivity index (χ3v) is 3.94. The molecule has 6 nitrogen and oxygen atoms in total. The van der Waals surface area contributed by atoms with Crippen molar-refractivity contribution in [1.29, 1.82) is 0 Å². The van der Waals surface area contributed by atoms with Crippen LogP contribution in [0.4, 0.5) is 13.2 Å². The zero-order chi connectivity index (χ0) is 20.9. The number of carbonyl (C=O) groups is 1. The Balaban J connectivity index is 2.29. The first kappa shape index (κ1) is 21.0. The van der Waals surface area contributed by atoms with Gasteiger partial charge in [0.05, 0.1) is 5.52 Å². The fourth-order valence-electron chi connectivity index (χ4n) is 2.20. The van der Waals surface area contributed by atoms with E-state index >= 15 is 0 Å². The summed E-state index contributed by atoms with van der Waals surface area (Å²) in [7, 11) is 1.23. The monoisotopic (exact) mass is 407 g/mol. The van der Waals surface area contributed by atoms with Gasteiger partial charge < -0.3 is 16.8 Å². The van der Waals surface area contributed by atoms with Crippen LogP contribution in [0.2, 0.25) is 0 Å². The van der Waals surface area contributed by atoms with Gasteiger partial charge in [0.25, 0.3) is 5.91 Å². The van der Waals surface area contributed by atoms with Gasteiger partial charge in [-0.3, -0.25) is 14.8 Å². The van der Waals surface area contributed by atoms with Crippen LogP contribution < -0.4 is 16.8 Å². The number of hydrogen-bond donors (Lipinski definition) is 3. The van der Waals surface area contributed by atoms with Crippen LogP contribution in [0.25, 0.3) is 16.5 Å². The summed E-state index contributed by atoms with van der Waals surface area (Å²) in [4.78, 5) is 20.2. The molecule has 0 saturated heterocycles. The molecule has 1 amide bonds. The molecule has 0 unspecified atom stereocenters. The number of benzene rings is 1. The van der Waals surface area contributed by atoms with E-state index < -0.39 is 17.8 Å². The molecule has 10 heteroatoms. The number of rotatable bonds is 4. The third kappa shape index (κ3) is 4.92. The molecule has 0 radical (unpaired) electrons. The summed E-state index contributed by atoms with van der Waals surface area (Å²) in [6.07, 6.45) is -1.25. The first-order valence-corrected chi connectivity index (χ1v) is 8.26. The van der Waals surface area contributed by atoms with E-state index in [1.165, 1.54) is 30.7 Å². The van der Waals surface area contributed by atoms with Crippen molar-refractivity contribution in [3.63, 3.8) is 0 Å². The van der Waals surface area contributed by atoms with Crippen LogP contribution in [-0.2, 0) is 0 Å². The van der Waals surface area contributed by atoms with E-state index in [2.05, 4.69) is 15.3 Å². The molecule has 1 heterocycles. The molecule has 5 N–H and O–H groups in total. The molecule has 0 saturated carbocycles. The van der Waals surface area contributed by atoms with Gasteiger partial charge in [-0.15, -0.1) is 0 Å². The normalized spacial score (nSPS) is 13.5. The van der Waals surface area contributed by atoms with E-state index in [-0.39, 0.29) is 11.4 Å². The summed E-state index contributed by atoms with van der Waals surface area (Å²) in [6.45, 7) is 0. The molecule has 2 aromatic rings. The zero-order valence-electron chi connectivity index (χ0n) is 14.6. The van der Waals surface area contributed by atoms with Crippen molar-refractivity contribution >= 4 is 45.8 Å². The number of thiocarbonyl (C=S) groups is 1. The summed E-state index contributed by atoms with van der Waals surface area (Å²) in [5, 5.41) is 4.44. The molecule has 0 spiro atoms. The summed E-state index contributed by atoms with van der Waals surface area (Å²) < 4.78 is 37.6. The highest BCUT2D eigenvalue weighted by atomic mass is 32.1. The minimum absolute atomic E-state index is 0.192. The fraction of sp³-hybridized carbons (Fsp3) is 0.111. The van der Waals surface area contributed by atoms with Gasteiger partial charge in [0, 0.05) is 53.0 Å². The Kier molecular flexibility index (Phi) is 6.47. The summed E-state index contributed by atoms with van der Waals surface area (Å²) in [6, 6.07) is 6.47. The van der Waals surface area contributed by atoms with Crippen molar-refractivity contribution in [3.05, 3.63) is 59.6 Å². The number of pyridine rings is 1. The van der Waals surface area contributed by atoms with Crippen molar-refractivity contribution in [2.45, 2.75) is 6.18 Å². The highest BCUT2D eigenvalue weighted by Gasteiger charge is 2.31. The first-order chi connectivity index (χ1) is 13.2. The molecule has 0 bridgehead atoms. The first-order valence-electron chi connectivity index (χ1n) is 7.79. The highest BCUT2D eigenvalue weighted by Crippen LogP contribution is 2.21. The zero-order valence-corrected chi connectivity index (χ0v) is 15.4. The Labute approximate surface area is 163 Å². The number of allylic oxidation sites excluding steroid dienone is 2. The number of hydrogen-bond acceptors (Lipinski definition) is 6. The lowest BCUT2D eigenvalue weighted by Crippen LogP contribution is -2.31. The van der Waals surface area contributed by atoms with Crippen LogP contribution in [0.1, 0.15) is 15.9 Å². The average molecular weight is 407 g/mol. The number of halogens is 3. The molecule has 28 heavy (non-hydrogen) atoms. The number of aromatic nitrogens is 1.